The molecule has 0 aliphatic rings. The molecule has 7 heteroatoms. The van der Waals surface area contributed by atoms with E-state index in [0.29, 0.717) is 22.7 Å². The molecule has 0 aromatic heterocycles. The Kier molecular flexibility index (Phi) is 6.44. The van der Waals surface area contributed by atoms with Crippen LogP contribution in [0.25, 0.3) is 0 Å². The fourth-order valence-corrected chi connectivity index (χ4v) is 2.82. The molecule has 0 aliphatic heterocycles. The number of amides is 2. The fourth-order valence-electron chi connectivity index (χ4n) is 2.82. The Bertz CT molecular complexity index is 1080. The first kappa shape index (κ1) is 20.6. The number of carboxylic acid groups (broad SMARTS) is 1. The molecule has 0 atom stereocenters. The Balaban J connectivity index is 1.72. The SMILES string of the molecule is Cc1c(NC(=O)c2ccccc2NC(=O)COc2ccccc2)cccc1C(=O)[O-]. The van der Waals surface area contributed by atoms with Gasteiger partial charge >= 0.3 is 0 Å². The van der Waals surface area contributed by atoms with Gasteiger partial charge in [-0.3, -0.25) is 9.59 Å². The summed E-state index contributed by atoms with van der Waals surface area (Å²) in [6.07, 6.45) is 0. The van der Waals surface area contributed by atoms with Gasteiger partial charge in [-0.05, 0) is 42.8 Å². The average molecular weight is 403 g/mol. The molecule has 0 saturated carbocycles. The fraction of sp³-hybridized carbons (Fsp3) is 0.0870. The Morgan fingerprint density at radius 2 is 1.43 bits per heavy atom. The molecule has 3 aromatic carbocycles. The summed E-state index contributed by atoms with van der Waals surface area (Å²) < 4.78 is 5.41. The van der Waals surface area contributed by atoms with Crippen LogP contribution in [0.4, 0.5) is 11.4 Å². The van der Waals surface area contributed by atoms with E-state index in [2.05, 4.69) is 10.6 Å². The van der Waals surface area contributed by atoms with E-state index in [1.54, 1.807) is 61.5 Å². The number of carbonyl (C=O) groups excluding carboxylic acids is 3. The first-order valence-electron chi connectivity index (χ1n) is 9.14. The van der Waals surface area contributed by atoms with Crippen molar-refractivity contribution in [3.8, 4) is 5.75 Å². The maximum absolute atomic E-state index is 12.8. The van der Waals surface area contributed by atoms with Crippen LogP contribution in [0, 0.1) is 6.92 Å². The van der Waals surface area contributed by atoms with Gasteiger partial charge in [0, 0.05) is 11.3 Å². The van der Waals surface area contributed by atoms with Crippen LogP contribution in [0.3, 0.4) is 0 Å². The van der Waals surface area contributed by atoms with Crippen molar-refractivity contribution >= 4 is 29.2 Å². The summed E-state index contributed by atoms with van der Waals surface area (Å²) in [4.78, 5) is 36.2. The van der Waals surface area contributed by atoms with Crippen LogP contribution >= 0.6 is 0 Å². The number of hydrogen-bond acceptors (Lipinski definition) is 5. The van der Waals surface area contributed by atoms with Crippen LogP contribution in [0.2, 0.25) is 0 Å². The second-order valence-electron chi connectivity index (χ2n) is 6.42. The number of para-hydroxylation sites is 2. The summed E-state index contributed by atoms with van der Waals surface area (Å²) in [6, 6.07) is 19.9. The van der Waals surface area contributed by atoms with E-state index in [1.807, 2.05) is 6.07 Å². The van der Waals surface area contributed by atoms with Crippen molar-refractivity contribution in [2.45, 2.75) is 6.92 Å². The van der Waals surface area contributed by atoms with Gasteiger partial charge in [0.15, 0.2) is 6.61 Å². The zero-order chi connectivity index (χ0) is 21.5. The molecule has 0 saturated heterocycles. The van der Waals surface area contributed by atoms with Crippen molar-refractivity contribution in [1.29, 1.82) is 0 Å². The number of rotatable bonds is 7. The predicted octanol–water partition coefficient (Wildman–Crippen LogP) is 2.63. The van der Waals surface area contributed by atoms with Gasteiger partial charge < -0.3 is 25.3 Å². The lowest BCUT2D eigenvalue weighted by Gasteiger charge is -2.15. The van der Waals surface area contributed by atoms with Crippen LogP contribution in [0.15, 0.2) is 72.8 Å². The highest BCUT2D eigenvalue weighted by Crippen LogP contribution is 2.22. The van der Waals surface area contributed by atoms with Gasteiger partial charge in [-0.25, -0.2) is 0 Å². The van der Waals surface area contributed by atoms with Crippen LogP contribution in [0.1, 0.15) is 26.3 Å². The number of aromatic carboxylic acids is 1. The second kappa shape index (κ2) is 9.38. The third kappa shape index (κ3) is 5.02. The van der Waals surface area contributed by atoms with Gasteiger partial charge in [0.25, 0.3) is 11.8 Å². The summed E-state index contributed by atoms with van der Waals surface area (Å²) in [7, 11) is 0. The summed E-state index contributed by atoms with van der Waals surface area (Å²) in [5.74, 6) is -1.68. The van der Waals surface area contributed by atoms with E-state index in [1.165, 1.54) is 12.1 Å². The lowest BCUT2D eigenvalue weighted by atomic mass is 10.1. The third-order valence-corrected chi connectivity index (χ3v) is 4.36. The first-order chi connectivity index (χ1) is 14.5. The normalized spacial score (nSPS) is 10.2. The Morgan fingerprint density at radius 1 is 0.800 bits per heavy atom. The van der Waals surface area contributed by atoms with Crippen LogP contribution < -0.4 is 20.5 Å². The zero-order valence-corrected chi connectivity index (χ0v) is 16.2. The van der Waals surface area contributed by atoms with Gasteiger partial charge in [0.1, 0.15) is 5.75 Å². The smallest absolute Gasteiger partial charge is 0.262 e. The highest BCUT2D eigenvalue weighted by molar-refractivity contribution is 6.10. The molecule has 2 N–H and O–H groups in total. The Morgan fingerprint density at radius 3 is 2.17 bits per heavy atom. The maximum atomic E-state index is 12.8. The molecule has 152 valence electrons. The molecule has 0 bridgehead atoms. The Labute approximate surface area is 173 Å². The number of carboxylic acids is 1. The molecule has 7 nitrogen and oxygen atoms in total. The molecular formula is C23H19N2O5-. The van der Waals surface area contributed by atoms with Crippen molar-refractivity contribution in [3.63, 3.8) is 0 Å². The van der Waals surface area contributed by atoms with Crippen LogP contribution in [0.5, 0.6) is 5.75 Å². The third-order valence-electron chi connectivity index (χ3n) is 4.36. The maximum Gasteiger partial charge on any atom is 0.262 e. The largest absolute Gasteiger partial charge is 0.545 e. The number of carbonyl (C=O) groups is 3. The molecule has 2 amide bonds. The quantitative estimate of drug-likeness (QED) is 0.631. The van der Waals surface area contributed by atoms with Gasteiger partial charge in [-0.1, -0.05) is 42.5 Å². The predicted molar refractivity (Wildman–Crippen MR) is 110 cm³/mol. The van der Waals surface area contributed by atoms with E-state index >= 15 is 0 Å². The van der Waals surface area contributed by atoms with Crippen LogP contribution in [-0.4, -0.2) is 24.4 Å². The number of nitrogens with one attached hydrogen (secondary N) is 2. The molecule has 0 unspecified atom stereocenters. The lowest BCUT2D eigenvalue weighted by Crippen LogP contribution is -2.24. The summed E-state index contributed by atoms with van der Waals surface area (Å²) in [5, 5.41) is 16.5. The molecule has 30 heavy (non-hydrogen) atoms. The number of anilines is 2. The van der Waals surface area contributed by atoms with E-state index in [-0.39, 0.29) is 17.7 Å². The van der Waals surface area contributed by atoms with Crippen molar-refractivity contribution in [2.75, 3.05) is 17.2 Å². The van der Waals surface area contributed by atoms with E-state index in [9.17, 15) is 19.5 Å². The zero-order valence-electron chi connectivity index (χ0n) is 16.2. The average Bonchev–Trinajstić information content (AvgIpc) is 2.74. The highest BCUT2D eigenvalue weighted by Gasteiger charge is 2.15. The van der Waals surface area contributed by atoms with Crippen molar-refractivity contribution in [2.24, 2.45) is 0 Å². The summed E-state index contributed by atoms with van der Waals surface area (Å²) in [6.45, 7) is 1.36. The highest BCUT2D eigenvalue weighted by atomic mass is 16.5. The summed E-state index contributed by atoms with van der Waals surface area (Å²) in [5.41, 5.74) is 1.25. The summed E-state index contributed by atoms with van der Waals surface area (Å²) >= 11 is 0. The van der Waals surface area contributed by atoms with Crippen molar-refractivity contribution in [1.82, 2.24) is 0 Å². The minimum atomic E-state index is -1.32. The van der Waals surface area contributed by atoms with Crippen molar-refractivity contribution in [3.05, 3.63) is 89.5 Å². The molecule has 0 radical (unpaired) electrons. The van der Waals surface area contributed by atoms with E-state index < -0.39 is 17.8 Å². The lowest BCUT2D eigenvalue weighted by molar-refractivity contribution is -0.255. The minimum Gasteiger partial charge on any atom is -0.545 e. The Hall–Kier alpha value is -4.13. The molecule has 0 aliphatic carbocycles. The minimum absolute atomic E-state index is 0.00699. The molecule has 0 fully saturated rings. The van der Waals surface area contributed by atoms with Gasteiger partial charge in [0.2, 0.25) is 0 Å². The molecule has 0 heterocycles. The monoisotopic (exact) mass is 403 g/mol. The number of hydrogen-bond donors (Lipinski definition) is 2. The van der Waals surface area contributed by atoms with E-state index in [4.69, 9.17) is 4.74 Å². The standard InChI is InChI=1S/C23H20N2O5/c1-15-17(23(28)29)11-7-13-19(15)25-22(27)18-10-5-6-12-20(18)24-21(26)14-30-16-8-3-2-4-9-16/h2-13H,14H2,1H3,(H,24,26)(H,25,27)(H,28,29)/p-1. The van der Waals surface area contributed by atoms with Crippen LogP contribution in [-0.2, 0) is 4.79 Å². The number of benzene rings is 3. The number of ether oxygens (including phenoxy) is 1. The van der Waals surface area contributed by atoms with Gasteiger partial charge in [-0.15, -0.1) is 0 Å². The molecule has 0 spiro atoms. The van der Waals surface area contributed by atoms with E-state index in [0.717, 1.165) is 0 Å². The first-order valence-corrected chi connectivity index (χ1v) is 9.14. The molecule has 3 rings (SSSR count). The van der Waals surface area contributed by atoms with Gasteiger partial charge in [0.05, 0.1) is 17.2 Å². The topological polar surface area (TPSA) is 108 Å². The molecule has 3 aromatic rings. The second-order valence-corrected chi connectivity index (χ2v) is 6.42. The van der Waals surface area contributed by atoms with Crippen molar-refractivity contribution < 1.29 is 24.2 Å². The molecular weight excluding hydrogens is 384 g/mol. The van der Waals surface area contributed by atoms with Gasteiger partial charge in [-0.2, -0.15) is 0 Å².